The monoisotopic (exact) mass is 235 g/mol. The molecular weight excluding hydrogens is 221 g/mol. The topological polar surface area (TPSA) is 150 Å². The molecule has 0 aromatic carbocycles. The van der Waals surface area contributed by atoms with Gasteiger partial charge in [-0.1, -0.05) is 0 Å². The van der Waals surface area contributed by atoms with Crippen molar-refractivity contribution >= 4 is 17.9 Å². The van der Waals surface area contributed by atoms with Crippen molar-refractivity contribution < 1.29 is 81.1 Å². The fourth-order valence-corrected chi connectivity index (χ4v) is 0. The molecule has 0 bridgehead atoms. The van der Waals surface area contributed by atoms with Crippen molar-refractivity contribution in [1.29, 1.82) is 0 Å². The maximum Gasteiger partial charge on any atom is 1.00 e. The zero-order chi connectivity index (χ0) is 10.7. The van der Waals surface area contributed by atoms with Gasteiger partial charge < -0.3 is 26.3 Å². The number of carbonyl (C=O) groups excluding carboxylic acids is 1. The van der Waals surface area contributed by atoms with Gasteiger partial charge in [-0.15, -0.1) is 0 Å². The minimum atomic E-state index is -1.08. The molecule has 0 spiro atoms. The van der Waals surface area contributed by atoms with Crippen molar-refractivity contribution in [2.75, 3.05) is 0 Å². The first-order valence-electron chi connectivity index (χ1n) is 2.76. The van der Waals surface area contributed by atoms with Crippen LogP contribution in [0, 0.1) is 0 Å². The molecule has 0 atom stereocenters. The van der Waals surface area contributed by atoms with Gasteiger partial charge in [0, 0.05) is 19.8 Å². The summed E-state index contributed by atoms with van der Waals surface area (Å²) in [5.41, 5.74) is 0. The summed E-state index contributed by atoms with van der Waals surface area (Å²) in [6, 6.07) is 0. The van der Waals surface area contributed by atoms with E-state index in [0.29, 0.717) is 0 Å². The summed E-state index contributed by atoms with van der Waals surface area (Å²) in [6.07, 6.45) is 0. The summed E-state index contributed by atoms with van der Waals surface area (Å²) < 4.78 is 0. The average Bonchev–Trinajstić information content (AvgIpc) is 1.54. The molecular formula is C6H14KNO6. The number of carbonyl (C=O) groups is 3. The van der Waals surface area contributed by atoms with Crippen LogP contribution in [-0.2, 0) is 14.4 Å². The summed E-state index contributed by atoms with van der Waals surface area (Å²) in [4.78, 5) is 26.9. The van der Waals surface area contributed by atoms with Gasteiger partial charge in [0.1, 0.15) is 0 Å². The molecule has 0 amide bonds. The van der Waals surface area contributed by atoms with Crippen LogP contribution < -0.4 is 62.6 Å². The van der Waals surface area contributed by atoms with E-state index in [-0.39, 0.29) is 57.5 Å². The first-order chi connectivity index (χ1) is 5.20. The number of hydrogen-bond acceptors (Lipinski definition) is 5. The van der Waals surface area contributed by atoms with Crippen molar-refractivity contribution in [3.63, 3.8) is 0 Å². The molecule has 0 aliphatic rings. The van der Waals surface area contributed by atoms with Crippen molar-refractivity contribution in [3.8, 4) is 0 Å². The molecule has 0 aromatic heterocycles. The molecule has 7 nitrogen and oxygen atoms in total. The van der Waals surface area contributed by atoms with Crippen LogP contribution in [0.5, 0.6) is 0 Å². The second-order valence-electron chi connectivity index (χ2n) is 1.53. The molecule has 0 fully saturated rings. The molecule has 5 N–H and O–H groups in total. The largest absolute Gasteiger partial charge is 1.00 e. The number of carboxylic acids is 3. The molecule has 0 aliphatic heterocycles. The summed E-state index contributed by atoms with van der Waals surface area (Å²) in [5.74, 6) is -2.75. The minimum Gasteiger partial charge on any atom is -0.550 e. The summed E-state index contributed by atoms with van der Waals surface area (Å²) in [5, 5.41) is 23.7. The first-order valence-corrected chi connectivity index (χ1v) is 2.76. The third-order valence-electron chi connectivity index (χ3n) is 0. The van der Waals surface area contributed by atoms with Crippen molar-refractivity contribution in [2.45, 2.75) is 20.8 Å². The molecule has 0 aromatic rings. The van der Waals surface area contributed by atoms with E-state index in [0.717, 1.165) is 20.8 Å². The van der Waals surface area contributed by atoms with Gasteiger partial charge in [0.05, 0.1) is 0 Å². The normalized spacial score (nSPS) is 5.36. The third kappa shape index (κ3) is 35900000. The van der Waals surface area contributed by atoms with Crippen LogP contribution in [0.25, 0.3) is 0 Å². The van der Waals surface area contributed by atoms with Gasteiger partial charge in [0.15, 0.2) is 0 Å². The molecule has 0 radical (unpaired) electrons. The quantitative estimate of drug-likeness (QED) is 0.363. The van der Waals surface area contributed by atoms with Gasteiger partial charge in [0.2, 0.25) is 0 Å². The minimum absolute atomic E-state index is 0. The molecule has 0 rings (SSSR count). The van der Waals surface area contributed by atoms with Crippen molar-refractivity contribution in [2.24, 2.45) is 0 Å². The Hall–Kier alpha value is 0.00636. The van der Waals surface area contributed by atoms with Crippen LogP contribution in [0.1, 0.15) is 20.8 Å². The van der Waals surface area contributed by atoms with Crippen LogP contribution in [0.4, 0.5) is 0 Å². The number of rotatable bonds is 0. The fraction of sp³-hybridized carbons (Fsp3) is 0.500. The Bertz CT molecular complexity index is 120. The van der Waals surface area contributed by atoms with Crippen molar-refractivity contribution in [3.05, 3.63) is 0 Å². The van der Waals surface area contributed by atoms with E-state index < -0.39 is 17.9 Å². The van der Waals surface area contributed by atoms with Gasteiger partial charge in [-0.25, -0.2) is 0 Å². The maximum absolute atomic E-state index is 9.00. The van der Waals surface area contributed by atoms with E-state index in [1.807, 2.05) is 0 Å². The van der Waals surface area contributed by atoms with E-state index >= 15 is 0 Å². The summed E-state index contributed by atoms with van der Waals surface area (Å²) >= 11 is 0. The Kier molecular flexibility index (Phi) is 48.2. The fourth-order valence-electron chi connectivity index (χ4n) is 0. The van der Waals surface area contributed by atoms with Crippen molar-refractivity contribution in [1.82, 2.24) is 6.15 Å². The molecule has 8 heteroatoms. The Morgan fingerprint density at radius 2 is 0.929 bits per heavy atom. The number of carboxylic acid groups (broad SMARTS) is 3. The van der Waals surface area contributed by atoms with E-state index in [1.54, 1.807) is 0 Å². The average molecular weight is 235 g/mol. The van der Waals surface area contributed by atoms with Gasteiger partial charge in [0.25, 0.3) is 11.9 Å². The predicted molar refractivity (Wildman–Crippen MR) is 42.3 cm³/mol. The molecule has 14 heavy (non-hydrogen) atoms. The van der Waals surface area contributed by atoms with Crippen LogP contribution in [0.15, 0.2) is 0 Å². The Morgan fingerprint density at radius 3 is 0.929 bits per heavy atom. The number of aliphatic carboxylic acids is 3. The first kappa shape index (κ1) is 29.2. The van der Waals surface area contributed by atoms with Crippen LogP contribution in [0.2, 0.25) is 0 Å². The zero-order valence-electron chi connectivity index (χ0n) is 8.73. The van der Waals surface area contributed by atoms with Crippen LogP contribution in [0.3, 0.4) is 0 Å². The van der Waals surface area contributed by atoms with E-state index in [4.69, 9.17) is 29.7 Å². The third-order valence-corrected chi connectivity index (χ3v) is 0. The maximum atomic E-state index is 9.00. The van der Waals surface area contributed by atoms with E-state index in [9.17, 15) is 0 Å². The van der Waals surface area contributed by atoms with Crippen LogP contribution in [-0.4, -0.2) is 28.1 Å². The SMILES string of the molecule is CC(=O)O.CC(=O)O.CC(=O)[O-].N.[K+]. The van der Waals surface area contributed by atoms with Gasteiger partial charge in [-0.05, 0) is 6.92 Å². The second-order valence-corrected chi connectivity index (χ2v) is 1.53. The molecule has 0 saturated carbocycles. The number of hydrogen-bond donors (Lipinski definition) is 3. The Morgan fingerprint density at radius 1 is 0.929 bits per heavy atom. The van der Waals surface area contributed by atoms with Crippen LogP contribution >= 0.6 is 0 Å². The smallest absolute Gasteiger partial charge is 0.550 e. The zero-order valence-corrected chi connectivity index (χ0v) is 11.9. The molecule has 0 saturated heterocycles. The second kappa shape index (κ2) is 23.1. The molecule has 80 valence electrons. The van der Waals surface area contributed by atoms with Gasteiger partial charge in [-0.3, -0.25) is 9.59 Å². The molecule has 0 heterocycles. The molecule has 0 unspecified atom stereocenters. The van der Waals surface area contributed by atoms with E-state index in [1.165, 1.54) is 0 Å². The predicted octanol–water partition coefficient (Wildman–Crippen LogP) is -3.90. The van der Waals surface area contributed by atoms with Gasteiger partial charge >= 0.3 is 51.4 Å². The standard InChI is InChI=1S/3C2H4O2.K.H3N/c3*1-2(3)4;;/h3*1H3,(H,3,4);;1H3/q;;;+1;/p-1. The Labute approximate surface area is 125 Å². The van der Waals surface area contributed by atoms with Gasteiger partial charge in [-0.2, -0.15) is 0 Å². The van der Waals surface area contributed by atoms with E-state index in [2.05, 4.69) is 0 Å². The summed E-state index contributed by atoms with van der Waals surface area (Å²) in [7, 11) is 0. The Balaban J connectivity index is -0.0000000270. The summed E-state index contributed by atoms with van der Waals surface area (Å²) in [6.45, 7) is 3.14. The molecule has 0 aliphatic carbocycles.